The maximum atomic E-state index is 3.52. The van der Waals surface area contributed by atoms with E-state index in [1.165, 1.54) is 34.7 Å². The molecule has 17 heavy (non-hydrogen) atoms. The minimum Gasteiger partial charge on any atom is -0.316 e. The van der Waals surface area contributed by atoms with Gasteiger partial charge in [0.05, 0.1) is 0 Å². The summed E-state index contributed by atoms with van der Waals surface area (Å²) in [5.74, 6) is 0.706. The first-order valence-electron chi connectivity index (χ1n) is 6.19. The maximum absolute atomic E-state index is 3.52. The molecule has 0 saturated carbocycles. The fourth-order valence-corrected chi connectivity index (χ4v) is 3.89. The number of piperidine rings is 1. The van der Waals surface area contributed by atoms with Crippen LogP contribution in [0, 0.1) is 6.92 Å². The number of rotatable bonds is 3. The van der Waals surface area contributed by atoms with Gasteiger partial charge in [-0.05, 0) is 68.0 Å². The largest absolute Gasteiger partial charge is 0.316 e. The van der Waals surface area contributed by atoms with E-state index in [2.05, 4.69) is 36.9 Å². The van der Waals surface area contributed by atoms with Crippen LogP contribution in [0.1, 0.15) is 29.9 Å². The molecule has 1 nitrogen and oxygen atoms in total. The van der Waals surface area contributed by atoms with Crippen molar-refractivity contribution < 1.29 is 0 Å². The molecule has 94 valence electrons. The molecule has 1 aromatic rings. The molecule has 1 aliphatic heterocycles. The van der Waals surface area contributed by atoms with Crippen LogP contribution in [0.5, 0.6) is 0 Å². The number of aryl methyl sites for hydroxylation is 1. The van der Waals surface area contributed by atoms with Crippen LogP contribution in [-0.2, 0) is 0 Å². The molecule has 1 N–H and O–H groups in total. The summed E-state index contributed by atoms with van der Waals surface area (Å²) >= 11 is 3.75. The third kappa shape index (κ3) is 3.01. The van der Waals surface area contributed by atoms with Crippen molar-refractivity contribution in [1.29, 1.82) is 0 Å². The second-order valence-electron chi connectivity index (χ2n) is 4.61. The van der Waals surface area contributed by atoms with Crippen molar-refractivity contribution >= 4 is 23.5 Å². The van der Waals surface area contributed by atoms with E-state index >= 15 is 0 Å². The third-order valence-electron chi connectivity index (χ3n) is 3.48. The summed E-state index contributed by atoms with van der Waals surface area (Å²) in [4.78, 5) is 2.90. The summed E-state index contributed by atoms with van der Waals surface area (Å²) in [7, 11) is 0. The average Bonchev–Trinajstić information content (AvgIpc) is 2.39. The normalized spacial score (nSPS) is 20.5. The number of hydrogen-bond acceptors (Lipinski definition) is 3. The van der Waals surface area contributed by atoms with Crippen LogP contribution in [0.3, 0.4) is 0 Å². The highest BCUT2D eigenvalue weighted by molar-refractivity contribution is 7.99. The molecule has 1 unspecified atom stereocenters. The number of nitrogens with one attached hydrogen (secondary N) is 1. The first-order valence-corrected chi connectivity index (χ1v) is 8.64. The second kappa shape index (κ2) is 6.17. The van der Waals surface area contributed by atoms with Crippen molar-refractivity contribution in [3.63, 3.8) is 0 Å². The van der Waals surface area contributed by atoms with Crippen molar-refractivity contribution in [2.75, 3.05) is 25.6 Å². The molecule has 0 radical (unpaired) electrons. The molecule has 1 heterocycles. The molecule has 1 aliphatic rings. The zero-order chi connectivity index (χ0) is 12.3. The Morgan fingerprint density at radius 2 is 1.94 bits per heavy atom. The zero-order valence-corrected chi connectivity index (χ0v) is 12.5. The van der Waals surface area contributed by atoms with Crippen LogP contribution in [0.15, 0.2) is 21.9 Å². The van der Waals surface area contributed by atoms with Gasteiger partial charge in [0.1, 0.15) is 0 Å². The van der Waals surface area contributed by atoms with Crippen LogP contribution >= 0.6 is 23.5 Å². The lowest BCUT2D eigenvalue weighted by Crippen LogP contribution is -2.28. The Morgan fingerprint density at radius 3 is 2.53 bits per heavy atom. The average molecular weight is 267 g/mol. The minimum atomic E-state index is 0.706. The minimum absolute atomic E-state index is 0.706. The first-order chi connectivity index (χ1) is 8.26. The SMILES string of the molecule is CSc1cc(C2CCCNC2)c(SC)cc1C. The molecule has 0 spiro atoms. The molecule has 0 aromatic heterocycles. The van der Waals surface area contributed by atoms with Gasteiger partial charge in [0.2, 0.25) is 0 Å². The topological polar surface area (TPSA) is 12.0 Å². The highest BCUT2D eigenvalue weighted by atomic mass is 32.2. The zero-order valence-electron chi connectivity index (χ0n) is 10.9. The van der Waals surface area contributed by atoms with E-state index in [4.69, 9.17) is 0 Å². The van der Waals surface area contributed by atoms with Crippen molar-refractivity contribution in [1.82, 2.24) is 5.32 Å². The number of hydrogen-bond donors (Lipinski definition) is 1. The molecular formula is C14H21NS2. The molecule has 1 atom stereocenters. The lowest BCUT2D eigenvalue weighted by Gasteiger charge is -2.25. The summed E-state index contributed by atoms with van der Waals surface area (Å²) in [6.07, 6.45) is 7.00. The van der Waals surface area contributed by atoms with Gasteiger partial charge in [-0.15, -0.1) is 23.5 Å². The Morgan fingerprint density at radius 1 is 1.18 bits per heavy atom. The Bertz CT molecular complexity index is 384. The van der Waals surface area contributed by atoms with E-state index in [1.54, 1.807) is 5.56 Å². The fourth-order valence-electron chi connectivity index (χ4n) is 2.51. The summed E-state index contributed by atoms with van der Waals surface area (Å²) in [5.41, 5.74) is 2.97. The predicted molar refractivity (Wildman–Crippen MR) is 79.6 cm³/mol. The van der Waals surface area contributed by atoms with Crippen molar-refractivity contribution in [2.24, 2.45) is 0 Å². The van der Waals surface area contributed by atoms with E-state index in [1.807, 2.05) is 23.5 Å². The monoisotopic (exact) mass is 267 g/mol. The van der Waals surface area contributed by atoms with Gasteiger partial charge in [0.15, 0.2) is 0 Å². The summed E-state index contributed by atoms with van der Waals surface area (Å²) in [6, 6.07) is 4.78. The molecule has 2 rings (SSSR count). The molecule has 1 fully saturated rings. The quantitative estimate of drug-likeness (QED) is 0.834. The molecular weight excluding hydrogens is 246 g/mol. The molecule has 3 heteroatoms. The van der Waals surface area contributed by atoms with Gasteiger partial charge >= 0.3 is 0 Å². The fraction of sp³-hybridized carbons (Fsp3) is 0.571. The Balaban J connectivity index is 2.35. The first kappa shape index (κ1) is 13.3. The summed E-state index contributed by atoms with van der Waals surface area (Å²) in [6.45, 7) is 4.55. The van der Waals surface area contributed by atoms with Crippen LogP contribution in [0.4, 0.5) is 0 Å². The van der Waals surface area contributed by atoms with E-state index in [0.29, 0.717) is 5.92 Å². The molecule has 0 aliphatic carbocycles. The van der Waals surface area contributed by atoms with Crippen molar-refractivity contribution in [3.8, 4) is 0 Å². The lowest BCUT2D eigenvalue weighted by molar-refractivity contribution is 0.457. The van der Waals surface area contributed by atoms with E-state index in [-0.39, 0.29) is 0 Å². The lowest BCUT2D eigenvalue weighted by atomic mass is 9.91. The Kier molecular flexibility index (Phi) is 4.83. The highest BCUT2D eigenvalue weighted by Crippen LogP contribution is 2.35. The van der Waals surface area contributed by atoms with Crippen molar-refractivity contribution in [3.05, 3.63) is 23.3 Å². The molecule has 1 aromatic carbocycles. The smallest absolute Gasteiger partial charge is 0.0108 e. The Hall–Kier alpha value is -0.120. The van der Waals surface area contributed by atoms with Crippen LogP contribution < -0.4 is 5.32 Å². The maximum Gasteiger partial charge on any atom is 0.0108 e. The molecule has 0 bridgehead atoms. The van der Waals surface area contributed by atoms with Gasteiger partial charge < -0.3 is 5.32 Å². The van der Waals surface area contributed by atoms with Crippen molar-refractivity contribution in [2.45, 2.75) is 35.5 Å². The van der Waals surface area contributed by atoms with E-state index in [0.717, 1.165) is 6.54 Å². The summed E-state index contributed by atoms with van der Waals surface area (Å²) < 4.78 is 0. The van der Waals surface area contributed by atoms with E-state index in [9.17, 15) is 0 Å². The van der Waals surface area contributed by atoms with Crippen LogP contribution in [-0.4, -0.2) is 25.6 Å². The Labute approximate surface area is 113 Å². The van der Waals surface area contributed by atoms with Crippen LogP contribution in [0.25, 0.3) is 0 Å². The number of thioether (sulfide) groups is 2. The highest BCUT2D eigenvalue weighted by Gasteiger charge is 2.19. The van der Waals surface area contributed by atoms with Gasteiger partial charge in [-0.3, -0.25) is 0 Å². The molecule has 1 saturated heterocycles. The van der Waals surface area contributed by atoms with Gasteiger partial charge in [0, 0.05) is 16.3 Å². The van der Waals surface area contributed by atoms with Gasteiger partial charge in [-0.25, -0.2) is 0 Å². The van der Waals surface area contributed by atoms with Gasteiger partial charge in [-0.2, -0.15) is 0 Å². The summed E-state index contributed by atoms with van der Waals surface area (Å²) in [5, 5.41) is 3.52. The van der Waals surface area contributed by atoms with Gasteiger partial charge in [-0.1, -0.05) is 0 Å². The third-order valence-corrected chi connectivity index (χ3v) is 5.16. The molecule has 0 amide bonds. The van der Waals surface area contributed by atoms with Crippen LogP contribution in [0.2, 0.25) is 0 Å². The standard InChI is InChI=1S/C14H21NS2/c1-10-7-14(17-3)12(8-13(10)16-2)11-5-4-6-15-9-11/h7-8,11,15H,4-6,9H2,1-3H3. The van der Waals surface area contributed by atoms with E-state index < -0.39 is 0 Å². The number of benzene rings is 1. The predicted octanol–water partition coefficient (Wildman–Crippen LogP) is 3.91. The van der Waals surface area contributed by atoms with Gasteiger partial charge in [0.25, 0.3) is 0 Å². The second-order valence-corrected chi connectivity index (χ2v) is 6.30.